The van der Waals surface area contributed by atoms with Crippen LogP contribution in [0.15, 0.2) is 34.7 Å². The molecule has 0 spiro atoms. The number of thiophene rings is 1. The van der Waals surface area contributed by atoms with Crippen LogP contribution in [0.1, 0.15) is 34.0 Å². The Kier molecular flexibility index (Phi) is 3.83. The van der Waals surface area contributed by atoms with Gasteiger partial charge in [-0.3, -0.25) is 0 Å². The standard InChI is InChI=1S/C17H18FNOS/c1-4-19-16(15-8-5-10(2)21-15)17-11(3)13-9-12(18)6-7-14(13)20-17/h5-9,16,19H,4H2,1-3H3. The molecule has 110 valence electrons. The number of rotatable bonds is 4. The van der Waals surface area contributed by atoms with Gasteiger partial charge in [-0.15, -0.1) is 11.3 Å². The molecule has 0 aliphatic heterocycles. The van der Waals surface area contributed by atoms with Crippen molar-refractivity contribution in [2.45, 2.75) is 26.8 Å². The summed E-state index contributed by atoms with van der Waals surface area (Å²) < 4.78 is 19.5. The summed E-state index contributed by atoms with van der Waals surface area (Å²) >= 11 is 1.76. The molecule has 0 amide bonds. The Morgan fingerprint density at radius 3 is 2.71 bits per heavy atom. The molecule has 0 aliphatic rings. The minimum atomic E-state index is -0.232. The molecule has 0 aliphatic carbocycles. The summed E-state index contributed by atoms with van der Waals surface area (Å²) in [5.74, 6) is 0.643. The number of benzene rings is 1. The second-order valence-electron chi connectivity index (χ2n) is 5.17. The van der Waals surface area contributed by atoms with Crippen molar-refractivity contribution in [3.8, 4) is 0 Å². The number of nitrogens with one attached hydrogen (secondary N) is 1. The second kappa shape index (κ2) is 5.62. The summed E-state index contributed by atoms with van der Waals surface area (Å²) in [6.45, 7) is 7.00. The quantitative estimate of drug-likeness (QED) is 0.738. The summed E-state index contributed by atoms with van der Waals surface area (Å²) in [5, 5.41) is 4.32. The maximum Gasteiger partial charge on any atom is 0.134 e. The van der Waals surface area contributed by atoms with Gasteiger partial charge in [0.15, 0.2) is 0 Å². The molecule has 0 saturated heterocycles. The number of furan rings is 1. The predicted octanol–water partition coefficient (Wildman–Crippen LogP) is 4.95. The molecule has 3 rings (SSSR count). The van der Waals surface area contributed by atoms with Gasteiger partial charge < -0.3 is 9.73 Å². The lowest BCUT2D eigenvalue weighted by Crippen LogP contribution is -2.21. The molecule has 1 unspecified atom stereocenters. The van der Waals surface area contributed by atoms with Gasteiger partial charge in [0.1, 0.15) is 23.2 Å². The average Bonchev–Trinajstić information content (AvgIpc) is 3.02. The lowest BCUT2D eigenvalue weighted by molar-refractivity contribution is 0.477. The molecule has 0 saturated carbocycles. The Bertz CT molecular complexity index is 774. The van der Waals surface area contributed by atoms with Gasteiger partial charge in [0.25, 0.3) is 0 Å². The first-order chi connectivity index (χ1) is 10.1. The smallest absolute Gasteiger partial charge is 0.134 e. The fourth-order valence-electron chi connectivity index (χ4n) is 2.62. The van der Waals surface area contributed by atoms with Gasteiger partial charge in [0.05, 0.1) is 0 Å². The Morgan fingerprint density at radius 1 is 1.24 bits per heavy atom. The maximum atomic E-state index is 13.4. The maximum absolute atomic E-state index is 13.4. The minimum Gasteiger partial charge on any atom is -0.459 e. The molecule has 1 aromatic carbocycles. The highest BCUT2D eigenvalue weighted by molar-refractivity contribution is 7.12. The first-order valence-corrected chi connectivity index (χ1v) is 7.90. The van der Waals surface area contributed by atoms with E-state index in [-0.39, 0.29) is 11.9 Å². The van der Waals surface area contributed by atoms with Crippen molar-refractivity contribution in [1.82, 2.24) is 5.32 Å². The van der Waals surface area contributed by atoms with Crippen molar-refractivity contribution >= 4 is 22.3 Å². The third-order valence-electron chi connectivity index (χ3n) is 3.65. The number of hydrogen-bond donors (Lipinski definition) is 1. The molecular formula is C17H18FNOS. The van der Waals surface area contributed by atoms with Crippen LogP contribution in [0.25, 0.3) is 11.0 Å². The summed E-state index contributed by atoms with van der Waals surface area (Å²) in [6, 6.07) is 8.93. The van der Waals surface area contributed by atoms with E-state index < -0.39 is 0 Å². The SMILES string of the molecule is CCNC(c1ccc(C)s1)c1oc2ccc(F)cc2c1C. The minimum absolute atomic E-state index is 0.0177. The van der Waals surface area contributed by atoms with Crippen molar-refractivity contribution < 1.29 is 8.81 Å². The van der Waals surface area contributed by atoms with Gasteiger partial charge in [-0.1, -0.05) is 6.92 Å². The van der Waals surface area contributed by atoms with Crippen LogP contribution in [-0.4, -0.2) is 6.54 Å². The largest absolute Gasteiger partial charge is 0.459 e. The molecule has 0 bridgehead atoms. The zero-order valence-electron chi connectivity index (χ0n) is 12.4. The van der Waals surface area contributed by atoms with E-state index in [2.05, 4.69) is 31.3 Å². The van der Waals surface area contributed by atoms with Crippen molar-refractivity contribution in [2.75, 3.05) is 6.54 Å². The molecule has 2 aromatic heterocycles. The van der Waals surface area contributed by atoms with E-state index in [0.29, 0.717) is 0 Å². The van der Waals surface area contributed by atoms with Gasteiger partial charge in [0.2, 0.25) is 0 Å². The topological polar surface area (TPSA) is 25.2 Å². The Labute approximate surface area is 127 Å². The molecular weight excluding hydrogens is 285 g/mol. The first kappa shape index (κ1) is 14.3. The highest BCUT2D eigenvalue weighted by Gasteiger charge is 2.22. The normalized spacial score (nSPS) is 13.0. The first-order valence-electron chi connectivity index (χ1n) is 7.08. The van der Waals surface area contributed by atoms with Crippen LogP contribution in [0.5, 0.6) is 0 Å². The number of hydrogen-bond acceptors (Lipinski definition) is 3. The summed E-state index contributed by atoms with van der Waals surface area (Å²) in [5.41, 5.74) is 1.74. The van der Waals surface area contributed by atoms with Gasteiger partial charge in [-0.25, -0.2) is 4.39 Å². The van der Waals surface area contributed by atoms with Crippen LogP contribution < -0.4 is 5.32 Å². The highest BCUT2D eigenvalue weighted by Crippen LogP contribution is 2.35. The van der Waals surface area contributed by atoms with Gasteiger partial charge >= 0.3 is 0 Å². The van der Waals surface area contributed by atoms with Crippen LogP contribution in [0, 0.1) is 19.7 Å². The van der Waals surface area contributed by atoms with Crippen LogP contribution in [-0.2, 0) is 0 Å². The molecule has 0 fully saturated rings. The number of halogens is 1. The summed E-state index contributed by atoms with van der Waals surface area (Å²) in [7, 11) is 0. The Hall–Kier alpha value is -1.65. The fraction of sp³-hybridized carbons (Fsp3) is 0.294. The Balaban J connectivity index is 2.13. The van der Waals surface area contributed by atoms with E-state index in [9.17, 15) is 4.39 Å². The molecule has 4 heteroatoms. The van der Waals surface area contributed by atoms with Crippen LogP contribution in [0.3, 0.4) is 0 Å². The number of aryl methyl sites for hydroxylation is 2. The van der Waals surface area contributed by atoms with Gasteiger partial charge in [0, 0.05) is 20.7 Å². The Morgan fingerprint density at radius 2 is 2.05 bits per heavy atom. The van der Waals surface area contributed by atoms with E-state index in [0.717, 1.165) is 28.8 Å². The van der Waals surface area contributed by atoms with E-state index in [1.54, 1.807) is 23.5 Å². The summed E-state index contributed by atoms with van der Waals surface area (Å²) in [6.07, 6.45) is 0. The average molecular weight is 303 g/mol. The number of fused-ring (bicyclic) bond motifs is 1. The third kappa shape index (κ3) is 2.61. The van der Waals surface area contributed by atoms with Crippen molar-refractivity contribution in [1.29, 1.82) is 0 Å². The second-order valence-corrected chi connectivity index (χ2v) is 6.49. The zero-order chi connectivity index (χ0) is 15.0. The van der Waals surface area contributed by atoms with Crippen LogP contribution in [0.4, 0.5) is 4.39 Å². The van der Waals surface area contributed by atoms with Crippen molar-refractivity contribution in [3.63, 3.8) is 0 Å². The van der Waals surface area contributed by atoms with Crippen molar-refractivity contribution in [3.05, 3.63) is 57.2 Å². The van der Waals surface area contributed by atoms with Crippen molar-refractivity contribution in [2.24, 2.45) is 0 Å². The molecule has 0 radical (unpaired) electrons. The molecule has 2 heterocycles. The molecule has 3 aromatic rings. The van der Waals surface area contributed by atoms with Gasteiger partial charge in [-0.2, -0.15) is 0 Å². The molecule has 21 heavy (non-hydrogen) atoms. The zero-order valence-corrected chi connectivity index (χ0v) is 13.2. The van der Waals surface area contributed by atoms with E-state index in [1.165, 1.54) is 15.8 Å². The van der Waals surface area contributed by atoms with Crippen LogP contribution >= 0.6 is 11.3 Å². The highest BCUT2D eigenvalue weighted by atomic mass is 32.1. The lowest BCUT2D eigenvalue weighted by atomic mass is 10.1. The molecule has 1 N–H and O–H groups in total. The predicted molar refractivity (Wildman–Crippen MR) is 85.5 cm³/mol. The van der Waals surface area contributed by atoms with E-state index in [1.807, 2.05) is 6.92 Å². The van der Waals surface area contributed by atoms with E-state index in [4.69, 9.17) is 4.42 Å². The molecule has 1 atom stereocenters. The third-order valence-corrected chi connectivity index (χ3v) is 4.72. The van der Waals surface area contributed by atoms with E-state index >= 15 is 0 Å². The van der Waals surface area contributed by atoms with Gasteiger partial charge in [-0.05, 0) is 50.7 Å². The van der Waals surface area contributed by atoms with Crippen LogP contribution in [0.2, 0.25) is 0 Å². The fourth-order valence-corrected chi connectivity index (χ4v) is 3.57. The summed E-state index contributed by atoms with van der Waals surface area (Å²) in [4.78, 5) is 2.49. The lowest BCUT2D eigenvalue weighted by Gasteiger charge is -2.15. The molecule has 2 nitrogen and oxygen atoms in total. The monoisotopic (exact) mass is 303 g/mol.